The van der Waals surface area contributed by atoms with E-state index in [9.17, 15) is 9.18 Å². The van der Waals surface area contributed by atoms with Crippen molar-refractivity contribution in [1.82, 2.24) is 19.7 Å². The van der Waals surface area contributed by atoms with Crippen LogP contribution in [0.2, 0.25) is 0 Å². The van der Waals surface area contributed by atoms with Gasteiger partial charge in [0.15, 0.2) is 5.16 Å². The van der Waals surface area contributed by atoms with E-state index in [1.54, 1.807) is 25.1 Å². The van der Waals surface area contributed by atoms with E-state index in [1.165, 1.54) is 30.3 Å². The van der Waals surface area contributed by atoms with Crippen LogP contribution in [0.1, 0.15) is 31.7 Å². The molecule has 1 aromatic heterocycles. The highest BCUT2D eigenvalue weighted by molar-refractivity contribution is 8.00. The molecule has 7 nitrogen and oxygen atoms in total. The van der Waals surface area contributed by atoms with Crippen LogP contribution in [0.3, 0.4) is 0 Å². The number of piperidine rings is 1. The van der Waals surface area contributed by atoms with Crippen LogP contribution in [0.5, 0.6) is 5.75 Å². The summed E-state index contributed by atoms with van der Waals surface area (Å²) in [7, 11) is 3.37. The van der Waals surface area contributed by atoms with Crippen molar-refractivity contribution in [2.75, 3.05) is 32.1 Å². The molecule has 1 saturated heterocycles. The highest BCUT2D eigenvalue weighted by Crippen LogP contribution is 2.34. The van der Waals surface area contributed by atoms with Crippen LogP contribution < -0.4 is 9.64 Å². The van der Waals surface area contributed by atoms with Crippen LogP contribution in [0, 0.1) is 5.82 Å². The van der Waals surface area contributed by atoms with Crippen LogP contribution in [-0.4, -0.2) is 58.1 Å². The average molecular weight is 484 g/mol. The number of amides is 1. The van der Waals surface area contributed by atoms with Gasteiger partial charge in [-0.2, -0.15) is 0 Å². The zero-order chi connectivity index (χ0) is 24.1. The lowest BCUT2D eigenvalue weighted by molar-refractivity contribution is -0.129. The monoisotopic (exact) mass is 483 g/mol. The smallest absolute Gasteiger partial charge is 0.235 e. The fourth-order valence-electron chi connectivity index (χ4n) is 4.17. The van der Waals surface area contributed by atoms with E-state index in [-0.39, 0.29) is 11.7 Å². The van der Waals surface area contributed by atoms with Crippen molar-refractivity contribution in [1.29, 1.82) is 0 Å². The summed E-state index contributed by atoms with van der Waals surface area (Å²) in [5, 5.41) is 9.22. The number of hydrogen-bond donors (Lipinski definition) is 0. The molecule has 1 amide bonds. The van der Waals surface area contributed by atoms with Gasteiger partial charge in [0, 0.05) is 26.7 Å². The van der Waals surface area contributed by atoms with Gasteiger partial charge in [0.05, 0.1) is 18.0 Å². The lowest BCUT2D eigenvalue weighted by Gasteiger charge is -2.28. The Morgan fingerprint density at radius 3 is 2.65 bits per heavy atom. The predicted molar refractivity (Wildman–Crippen MR) is 132 cm³/mol. The van der Waals surface area contributed by atoms with E-state index in [1.807, 2.05) is 41.8 Å². The zero-order valence-electron chi connectivity index (χ0n) is 19.8. The number of halogens is 1. The van der Waals surface area contributed by atoms with Crippen molar-refractivity contribution in [2.24, 2.45) is 0 Å². The number of carbonyl (C=O) groups is 1. The molecule has 0 N–H and O–H groups in total. The van der Waals surface area contributed by atoms with Crippen molar-refractivity contribution in [3.63, 3.8) is 0 Å². The molecule has 34 heavy (non-hydrogen) atoms. The van der Waals surface area contributed by atoms with Crippen LogP contribution in [0.25, 0.3) is 5.69 Å². The Kier molecular flexibility index (Phi) is 7.72. The number of hydrogen-bond acceptors (Lipinski definition) is 6. The minimum Gasteiger partial charge on any atom is -0.495 e. The largest absolute Gasteiger partial charge is 0.495 e. The number of thioether (sulfide) groups is 1. The molecule has 4 rings (SSSR count). The molecule has 1 aliphatic heterocycles. The van der Waals surface area contributed by atoms with Crippen LogP contribution in [0.15, 0.2) is 53.7 Å². The first kappa shape index (κ1) is 24.1. The fraction of sp³-hybridized carbons (Fsp3) is 0.400. The maximum absolute atomic E-state index is 13.5. The highest BCUT2D eigenvalue weighted by Gasteiger charge is 2.27. The lowest BCUT2D eigenvalue weighted by Crippen LogP contribution is -2.33. The number of aromatic nitrogens is 3. The fourth-order valence-corrected chi connectivity index (χ4v) is 5.14. The first-order valence-corrected chi connectivity index (χ1v) is 12.4. The zero-order valence-corrected chi connectivity index (χ0v) is 20.6. The molecule has 2 aromatic carbocycles. The summed E-state index contributed by atoms with van der Waals surface area (Å²) in [6, 6.07) is 14.1. The predicted octanol–water partition coefficient (Wildman–Crippen LogP) is 4.54. The van der Waals surface area contributed by atoms with Crippen molar-refractivity contribution < 1.29 is 13.9 Å². The summed E-state index contributed by atoms with van der Waals surface area (Å²) in [5.41, 5.74) is 1.59. The summed E-state index contributed by atoms with van der Waals surface area (Å²) in [5.74, 6) is 1.10. The van der Waals surface area contributed by atoms with Gasteiger partial charge in [-0.3, -0.25) is 9.36 Å². The number of nitrogens with zero attached hydrogens (tertiary/aromatic N) is 5. The second kappa shape index (κ2) is 10.9. The Balaban J connectivity index is 1.59. The number of carbonyl (C=O) groups excluding carboxylic acids is 1. The number of methoxy groups -OCH3 is 1. The van der Waals surface area contributed by atoms with Crippen molar-refractivity contribution in [2.45, 2.75) is 43.1 Å². The van der Waals surface area contributed by atoms with Gasteiger partial charge in [0.1, 0.15) is 11.6 Å². The number of ether oxygens (including phenoxy) is 1. The normalized spacial score (nSPS) is 14.6. The van der Waals surface area contributed by atoms with Crippen molar-refractivity contribution in [3.8, 4) is 11.4 Å². The Bertz CT molecular complexity index is 1130. The molecule has 0 radical (unpaired) electrons. The van der Waals surface area contributed by atoms with Gasteiger partial charge in [-0.25, -0.2) is 4.39 Å². The molecule has 2 heterocycles. The third kappa shape index (κ3) is 5.35. The summed E-state index contributed by atoms with van der Waals surface area (Å²) in [6.45, 7) is 4.03. The lowest BCUT2D eigenvalue weighted by atomic mass is 10.1. The van der Waals surface area contributed by atoms with E-state index in [4.69, 9.17) is 4.74 Å². The molecule has 180 valence electrons. The standard InChI is InChI=1S/C25H30FN5O2S/c1-18(23(32)29(2)17-19-10-9-11-20(26)16-19)34-25-28-27-24(30-14-7-4-8-15-30)31(25)21-12-5-6-13-22(21)33-3/h5-6,9-13,16,18H,4,7-8,14-15,17H2,1-3H3. The van der Waals surface area contributed by atoms with Gasteiger partial charge < -0.3 is 14.5 Å². The summed E-state index contributed by atoms with van der Waals surface area (Å²) in [4.78, 5) is 17.0. The van der Waals surface area contributed by atoms with Gasteiger partial charge >= 0.3 is 0 Å². The number of para-hydroxylation sites is 2. The minimum atomic E-state index is -0.412. The highest BCUT2D eigenvalue weighted by atomic mass is 32.2. The number of benzene rings is 2. The van der Waals surface area contributed by atoms with E-state index >= 15 is 0 Å². The van der Waals surface area contributed by atoms with Crippen molar-refractivity contribution in [3.05, 3.63) is 59.9 Å². The second-order valence-electron chi connectivity index (χ2n) is 8.42. The average Bonchev–Trinajstić information content (AvgIpc) is 3.27. The topological polar surface area (TPSA) is 63.5 Å². The quantitative estimate of drug-likeness (QED) is 0.438. The van der Waals surface area contributed by atoms with Crippen LogP contribution in [0.4, 0.5) is 10.3 Å². The van der Waals surface area contributed by atoms with Crippen molar-refractivity contribution >= 4 is 23.6 Å². The Labute approximate surface area is 203 Å². The van der Waals surface area contributed by atoms with Gasteiger partial charge in [0.25, 0.3) is 0 Å². The third-order valence-corrected chi connectivity index (χ3v) is 6.93. The van der Waals surface area contributed by atoms with Gasteiger partial charge in [-0.1, -0.05) is 36.0 Å². The first-order valence-electron chi connectivity index (χ1n) is 11.5. The maximum atomic E-state index is 13.5. The summed E-state index contributed by atoms with van der Waals surface area (Å²) in [6.07, 6.45) is 3.44. The molecule has 1 atom stereocenters. The molecule has 0 saturated carbocycles. The molecule has 1 unspecified atom stereocenters. The van der Waals surface area contributed by atoms with Crippen LogP contribution >= 0.6 is 11.8 Å². The third-order valence-electron chi connectivity index (χ3n) is 5.90. The first-order chi connectivity index (χ1) is 16.5. The van der Waals surface area contributed by atoms with E-state index in [2.05, 4.69) is 15.1 Å². The molecule has 3 aromatic rings. The van der Waals surface area contributed by atoms with Gasteiger partial charge in [-0.15, -0.1) is 10.2 Å². The number of anilines is 1. The number of rotatable bonds is 8. The van der Waals surface area contributed by atoms with Crippen LogP contribution in [-0.2, 0) is 11.3 Å². The summed E-state index contributed by atoms with van der Waals surface area (Å²) >= 11 is 1.36. The van der Waals surface area contributed by atoms with Gasteiger partial charge in [-0.05, 0) is 56.0 Å². The Morgan fingerprint density at radius 2 is 1.91 bits per heavy atom. The molecule has 9 heteroatoms. The molecule has 1 aliphatic rings. The molecular formula is C25H30FN5O2S. The molecule has 0 spiro atoms. The molecular weight excluding hydrogens is 453 g/mol. The van der Waals surface area contributed by atoms with E-state index in [0.717, 1.165) is 43.1 Å². The van der Waals surface area contributed by atoms with Gasteiger partial charge in [0.2, 0.25) is 11.9 Å². The molecule has 0 aliphatic carbocycles. The maximum Gasteiger partial charge on any atom is 0.235 e. The minimum absolute atomic E-state index is 0.0663. The molecule has 0 bridgehead atoms. The summed E-state index contributed by atoms with van der Waals surface area (Å²) < 4.78 is 21.2. The Hall–Kier alpha value is -3.07. The Morgan fingerprint density at radius 1 is 1.15 bits per heavy atom. The molecule has 1 fully saturated rings. The second-order valence-corrected chi connectivity index (χ2v) is 9.73. The van der Waals surface area contributed by atoms with E-state index in [0.29, 0.717) is 17.5 Å². The SMILES string of the molecule is COc1ccccc1-n1c(SC(C)C(=O)N(C)Cc2cccc(F)c2)nnc1N1CCCCC1. The van der Waals surface area contributed by atoms with E-state index < -0.39 is 5.25 Å².